The Morgan fingerprint density at radius 2 is 1.75 bits per heavy atom. The lowest BCUT2D eigenvalue weighted by molar-refractivity contribution is 0.498. The molecular weight excluding hydrogens is 150 g/mol. The molecule has 0 N–H and O–H groups in total. The maximum absolute atomic E-state index is 8.39. The molecule has 0 unspecified atom stereocenters. The molecule has 1 aromatic rings. The van der Waals surface area contributed by atoms with Crippen LogP contribution in [-0.4, -0.2) is 0 Å². The summed E-state index contributed by atoms with van der Waals surface area (Å²) < 4.78 is 4.85. The summed E-state index contributed by atoms with van der Waals surface area (Å²) in [6, 6.07) is 3.98. The zero-order chi connectivity index (χ0) is 9.14. The summed E-state index contributed by atoms with van der Waals surface area (Å²) in [4.78, 5) is 0. The highest BCUT2D eigenvalue weighted by molar-refractivity contribution is 5.44. The predicted molar refractivity (Wildman–Crippen MR) is 46.9 cm³/mol. The number of aryl methyl sites for hydroxylation is 2. The van der Waals surface area contributed by atoms with Gasteiger partial charge < -0.3 is 4.74 Å². The summed E-state index contributed by atoms with van der Waals surface area (Å²) in [5, 5.41) is 8.39. The Bertz CT molecular complexity index is 336. The molecule has 0 aliphatic heterocycles. The van der Waals surface area contributed by atoms with E-state index in [4.69, 9.17) is 10.00 Å². The Labute approximate surface area is 72.4 Å². The van der Waals surface area contributed by atoms with Gasteiger partial charge in [-0.1, -0.05) is 12.1 Å². The van der Waals surface area contributed by atoms with Crippen molar-refractivity contribution in [3.8, 4) is 12.0 Å². The van der Waals surface area contributed by atoms with Gasteiger partial charge in [0.15, 0.2) is 0 Å². The van der Waals surface area contributed by atoms with Crippen LogP contribution >= 0.6 is 0 Å². The van der Waals surface area contributed by atoms with E-state index in [0.29, 0.717) is 5.75 Å². The lowest BCUT2D eigenvalue weighted by Crippen LogP contribution is -1.92. The summed E-state index contributed by atoms with van der Waals surface area (Å²) >= 11 is 0. The molecule has 0 aromatic heterocycles. The van der Waals surface area contributed by atoms with Crippen molar-refractivity contribution in [3.05, 3.63) is 28.8 Å². The third kappa shape index (κ3) is 1.40. The van der Waals surface area contributed by atoms with Gasteiger partial charge in [0.2, 0.25) is 0 Å². The van der Waals surface area contributed by atoms with Crippen molar-refractivity contribution in [2.75, 3.05) is 0 Å². The number of benzene rings is 1. The molecule has 0 aliphatic carbocycles. The molecule has 0 atom stereocenters. The van der Waals surface area contributed by atoms with Crippen LogP contribution < -0.4 is 4.74 Å². The van der Waals surface area contributed by atoms with Crippen molar-refractivity contribution in [2.24, 2.45) is 0 Å². The molecule has 0 heterocycles. The SMILES string of the molecule is Cc1ccc(C)c(OC#N)c1C. The van der Waals surface area contributed by atoms with Crippen LogP contribution in [0, 0.1) is 32.3 Å². The Morgan fingerprint density at radius 3 is 2.33 bits per heavy atom. The molecule has 2 nitrogen and oxygen atoms in total. The molecule has 0 spiro atoms. The minimum Gasteiger partial charge on any atom is -0.387 e. The second kappa shape index (κ2) is 3.27. The smallest absolute Gasteiger partial charge is 0.292 e. The molecule has 0 saturated heterocycles. The van der Waals surface area contributed by atoms with E-state index in [9.17, 15) is 0 Å². The number of nitrogens with zero attached hydrogens (tertiary/aromatic N) is 1. The number of nitriles is 1. The minimum atomic E-state index is 0.692. The maximum atomic E-state index is 8.39. The van der Waals surface area contributed by atoms with Crippen molar-refractivity contribution in [3.63, 3.8) is 0 Å². The molecule has 62 valence electrons. The van der Waals surface area contributed by atoms with Crippen LogP contribution in [-0.2, 0) is 0 Å². The maximum Gasteiger partial charge on any atom is 0.292 e. The van der Waals surface area contributed by atoms with Gasteiger partial charge in [0.05, 0.1) is 0 Å². The summed E-state index contributed by atoms with van der Waals surface area (Å²) in [5.74, 6) is 0.692. The second-order valence-corrected chi connectivity index (χ2v) is 2.85. The molecule has 2 heteroatoms. The minimum absolute atomic E-state index is 0.692. The van der Waals surface area contributed by atoms with E-state index in [1.54, 1.807) is 6.26 Å². The largest absolute Gasteiger partial charge is 0.387 e. The average Bonchev–Trinajstić information content (AvgIpc) is 2.06. The highest BCUT2D eigenvalue weighted by Gasteiger charge is 2.05. The fourth-order valence-corrected chi connectivity index (χ4v) is 1.13. The van der Waals surface area contributed by atoms with Crippen molar-refractivity contribution in [1.29, 1.82) is 5.26 Å². The Balaban J connectivity index is 3.25. The fraction of sp³-hybridized carbons (Fsp3) is 0.300. The Hall–Kier alpha value is -1.49. The first-order valence-electron chi connectivity index (χ1n) is 3.79. The molecule has 0 fully saturated rings. The Morgan fingerprint density at radius 1 is 1.17 bits per heavy atom. The first-order valence-corrected chi connectivity index (χ1v) is 3.79. The van der Waals surface area contributed by atoms with Crippen LogP contribution in [0.5, 0.6) is 5.75 Å². The fourth-order valence-electron chi connectivity index (χ4n) is 1.13. The van der Waals surface area contributed by atoms with Crippen LogP contribution in [0.2, 0.25) is 0 Å². The summed E-state index contributed by atoms with van der Waals surface area (Å²) in [6.45, 7) is 5.88. The van der Waals surface area contributed by atoms with Crippen molar-refractivity contribution < 1.29 is 4.74 Å². The van der Waals surface area contributed by atoms with Crippen LogP contribution in [0.4, 0.5) is 0 Å². The molecule has 0 radical (unpaired) electrons. The van der Waals surface area contributed by atoms with E-state index >= 15 is 0 Å². The van der Waals surface area contributed by atoms with E-state index in [0.717, 1.165) is 16.7 Å². The summed E-state index contributed by atoms with van der Waals surface area (Å²) in [6.07, 6.45) is 1.69. The van der Waals surface area contributed by atoms with E-state index in [2.05, 4.69) is 0 Å². The molecule has 12 heavy (non-hydrogen) atoms. The topological polar surface area (TPSA) is 33.0 Å². The van der Waals surface area contributed by atoms with Crippen LogP contribution in [0.25, 0.3) is 0 Å². The molecular formula is C10H11NO. The standard InChI is InChI=1S/C10H11NO/c1-7-4-5-8(2)10(9(7)3)12-6-11/h4-5H,1-3H3. The van der Waals surface area contributed by atoms with Crippen LogP contribution in [0.1, 0.15) is 16.7 Å². The number of rotatable bonds is 1. The first-order chi connectivity index (χ1) is 5.66. The number of ether oxygens (including phenoxy) is 1. The Kier molecular flexibility index (Phi) is 2.35. The van der Waals surface area contributed by atoms with Gasteiger partial charge in [-0.3, -0.25) is 0 Å². The predicted octanol–water partition coefficient (Wildman–Crippen LogP) is 2.47. The lowest BCUT2D eigenvalue weighted by Gasteiger charge is -2.07. The lowest BCUT2D eigenvalue weighted by atomic mass is 10.1. The molecule has 0 bridgehead atoms. The molecule has 0 amide bonds. The van der Waals surface area contributed by atoms with Gasteiger partial charge in [0, 0.05) is 0 Å². The third-order valence-corrected chi connectivity index (χ3v) is 2.02. The van der Waals surface area contributed by atoms with Crippen molar-refractivity contribution in [2.45, 2.75) is 20.8 Å². The first kappa shape index (κ1) is 8.61. The number of hydrogen-bond acceptors (Lipinski definition) is 2. The summed E-state index contributed by atoms with van der Waals surface area (Å²) in [7, 11) is 0. The average molecular weight is 161 g/mol. The van der Waals surface area contributed by atoms with E-state index in [1.807, 2.05) is 32.9 Å². The van der Waals surface area contributed by atoms with Gasteiger partial charge in [-0.25, -0.2) is 0 Å². The zero-order valence-corrected chi connectivity index (χ0v) is 7.51. The molecule has 1 rings (SSSR count). The van der Waals surface area contributed by atoms with Gasteiger partial charge in [0.1, 0.15) is 5.75 Å². The van der Waals surface area contributed by atoms with Crippen LogP contribution in [0.15, 0.2) is 12.1 Å². The quantitative estimate of drug-likeness (QED) is 0.593. The monoisotopic (exact) mass is 161 g/mol. The van der Waals surface area contributed by atoms with Crippen LogP contribution in [0.3, 0.4) is 0 Å². The van der Waals surface area contributed by atoms with Gasteiger partial charge in [-0.05, 0) is 37.5 Å². The third-order valence-electron chi connectivity index (χ3n) is 2.02. The van der Waals surface area contributed by atoms with E-state index < -0.39 is 0 Å². The highest BCUT2D eigenvalue weighted by atomic mass is 16.5. The van der Waals surface area contributed by atoms with E-state index in [-0.39, 0.29) is 0 Å². The van der Waals surface area contributed by atoms with Crippen molar-refractivity contribution >= 4 is 0 Å². The van der Waals surface area contributed by atoms with Crippen molar-refractivity contribution in [1.82, 2.24) is 0 Å². The second-order valence-electron chi connectivity index (χ2n) is 2.85. The zero-order valence-electron chi connectivity index (χ0n) is 7.51. The number of hydrogen-bond donors (Lipinski definition) is 0. The molecule has 0 aliphatic rings. The van der Waals surface area contributed by atoms with E-state index in [1.165, 1.54) is 0 Å². The van der Waals surface area contributed by atoms with Gasteiger partial charge in [0.25, 0.3) is 6.26 Å². The van der Waals surface area contributed by atoms with Gasteiger partial charge >= 0.3 is 0 Å². The molecule has 1 aromatic carbocycles. The highest BCUT2D eigenvalue weighted by Crippen LogP contribution is 2.25. The summed E-state index contributed by atoms with van der Waals surface area (Å²) in [5.41, 5.74) is 3.18. The molecule has 0 saturated carbocycles. The normalized spacial score (nSPS) is 9.17. The van der Waals surface area contributed by atoms with Gasteiger partial charge in [-0.2, -0.15) is 0 Å². The van der Waals surface area contributed by atoms with Gasteiger partial charge in [-0.15, -0.1) is 5.26 Å².